The molecule has 0 aromatic rings. The summed E-state index contributed by atoms with van der Waals surface area (Å²) in [5.41, 5.74) is 0. The van der Waals surface area contributed by atoms with Gasteiger partial charge in [0.15, 0.2) is 0 Å². The summed E-state index contributed by atoms with van der Waals surface area (Å²) in [4.78, 5) is 0. The predicted molar refractivity (Wildman–Crippen MR) is 198 cm³/mol. The molecule has 0 heterocycles. The Labute approximate surface area is 300 Å². The molecule has 0 aromatic carbocycles. The van der Waals surface area contributed by atoms with E-state index in [0.29, 0.717) is 26.4 Å². The van der Waals surface area contributed by atoms with Crippen molar-refractivity contribution in [3.8, 4) is 0 Å². The average molecular weight is 747 g/mol. The standard InChI is InChI=1S/C36H74O11S2/c1-3-5-7-9-11-13-15-17-19-21-25-43-31-35(46-27-23-29-48(37,38)39)33-45-34-36(47-28-24-30-49(40,41)42)32-44-26-22-20-18-16-14-12-10-8-6-4-2/h35-36H,3-34H2,1-2H3,(H,37,38,39)(H,40,41,42). The Morgan fingerprint density at radius 3 is 0.980 bits per heavy atom. The summed E-state index contributed by atoms with van der Waals surface area (Å²) in [5.74, 6) is -0.758. The van der Waals surface area contributed by atoms with Gasteiger partial charge in [-0.2, -0.15) is 16.8 Å². The number of unbranched alkanes of at least 4 members (excludes halogenated alkanes) is 18. The topological polar surface area (TPSA) is 155 Å². The monoisotopic (exact) mass is 746 g/mol. The fraction of sp³-hybridized carbons (Fsp3) is 1.00. The lowest BCUT2D eigenvalue weighted by Gasteiger charge is -2.22. The van der Waals surface area contributed by atoms with Crippen LogP contribution >= 0.6 is 0 Å². The Kier molecular flexibility index (Phi) is 34.4. The second-order valence-electron chi connectivity index (χ2n) is 13.3. The van der Waals surface area contributed by atoms with Crippen molar-refractivity contribution in [3.63, 3.8) is 0 Å². The predicted octanol–water partition coefficient (Wildman–Crippen LogP) is 8.20. The molecule has 0 bridgehead atoms. The largest absolute Gasteiger partial charge is 0.379 e. The molecule has 0 fully saturated rings. The van der Waals surface area contributed by atoms with Crippen LogP contribution in [0.3, 0.4) is 0 Å². The van der Waals surface area contributed by atoms with Gasteiger partial charge in [-0.15, -0.1) is 0 Å². The molecule has 2 N–H and O–H groups in total. The zero-order chi connectivity index (χ0) is 36.3. The maximum atomic E-state index is 11.1. The van der Waals surface area contributed by atoms with Gasteiger partial charge in [0.1, 0.15) is 12.2 Å². The van der Waals surface area contributed by atoms with Crippen molar-refractivity contribution in [3.05, 3.63) is 0 Å². The minimum Gasteiger partial charge on any atom is -0.379 e. The smallest absolute Gasteiger partial charge is 0.264 e. The third-order valence-electron chi connectivity index (χ3n) is 8.30. The van der Waals surface area contributed by atoms with Crippen LogP contribution in [0.2, 0.25) is 0 Å². The third kappa shape index (κ3) is 40.3. The lowest BCUT2D eigenvalue weighted by atomic mass is 10.1. The van der Waals surface area contributed by atoms with Crippen LogP contribution in [0.5, 0.6) is 0 Å². The van der Waals surface area contributed by atoms with Crippen LogP contribution in [-0.2, 0) is 43.9 Å². The van der Waals surface area contributed by atoms with Gasteiger partial charge in [0.05, 0.1) is 37.9 Å². The Morgan fingerprint density at radius 2 is 0.673 bits per heavy atom. The first-order chi connectivity index (χ1) is 23.6. The summed E-state index contributed by atoms with van der Waals surface area (Å²) in [7, 11) is -8.12. The van der Waals surface area contributed by atoms with E-state index in [9.17, 15) is 16.8 Å². The van der Waals surface area contributed by atoms with E-state index in [2.05, 4.69) is 13.8 Å². The van der Waals surface area contributed by atoms with Crippen LogP contribution in [-0.4, -0.2) is 103 Å². The maximum Gasteiger partial charge on any atom is 0.264 e. The first kappa shape index (κ1) is 48.6. The van der Waals surface area contributed by atoms with Crippen LogP contribution in [0.15, 0.2) is 0 Å². The SMILES string of the molecule is CCCCCCCCCCCCOCC(COCC(COCCCCCCCCCCCC)OCCCS(=O)(=O)O)OCCCS(=O)(=O)O. The van der Waals surface area contributed by atoms with Crippen LogP contribution in [0.4, 0.5) is 0 Å². The molecule has 0 aliphatic heterocycles. The molecule has 2 atom stereocenters. The Balaban J connectivity index is 4.55. The molecule has 0 aliphatic rings. The molecular formula is C36H74O11S2. The lowest BCUT2D eigenvalue weighted by Crippen LogP contribution is -2.32. The van der Waals surface area contributed by atoms with Gasteiger partial charge in [-0.3, -0.25) is 9.11 Å². The van der Waals surface area contributed by atoms with Crippen LogP contribution in [0, 0.1) is 0 Å². The zero-order valence-corrected chi connectivity index (χ0v) is 32.8. The molecule has 0 radical (unpaired) electrons. The van der Waals surface area contributed by atoms with Gasteiger partial charge in [-0.25, -0.2) is 0 Å². The average Bonchev–Trinajstić information content (AvgIpc) is 3.04. The molecule has 13 heteroatoms. The van der Waals surface area contributed by atoms with Crippen molar-refractivity contribution in [2.24, 2.45) is 0 Å². The molecule has 0 spiro atoms. The lowest BCUT2D eigenvalue weighted by molar-refractivity contribution is -0.0949. The molecule has 0 rings (SSSR count). The number of hydrogen-bond donors (Lipinski definition) is 2. The second-order valence-corrected chi connectivity index (χ2v) is 16.5. The third-order valence-corrected chi connectivity index (χ3v) is 9.91. The molecule has 0 amide bonds. The zero-order valence-electron chi connectivity index (χ0n) is 31.2. The van der Waals surface area contributed by atoms with Crippen molar-refractivity contribution in [1.29, 1.82) is 0 Å². The summed E-state index contributed by atoms with van der Waals surface area (Å²) in [6, 6.07) is 0. The molecule has 49 heavy (non-hydrogen) atoms. The van der Waals surface area contributed by atoms with Crippen LogP contribution in [0.25, 0.3) is 0 Å². The summed E-state index contributed by atoms with van der Waals surface area (Å²) >= 11 is 0. The molecule has 11 nitrogen and oxygen atoms in total. The Bertz CT molecular complexity index is 829. The van der Waals surface area contributed by atoms with E-state index in [1.807, 2.05) is 0 Å². The van der Waals surface area contributed by atoms with E-state index in [1.165, 1.54) is 103 Å². The fourth-order valence-electron chi connectivity index (χ4n) is 5.41. The van der Waals surface area contributed by atoms with Gasteiger partial charge in [-0.1, -0.05) is 129 Å². The normalized spacial score (nSPS) is 13.6. The minimum atomic E-state index is -4.06. The van der Waals surface area contributed by atoms with Crippen molar-refractivity contribution in [2.75, 3.05) is 64.4 Å². The Hall–Kier alpha value is -0.380. The van der Waals surface area contributed by atoms with Crippen molar-refractivity contribution >= 4 is 20.2 Å². The van der Waals surface area contributed by atoms with Crippen LogP contribution < -0.4 is 0 Å². The quantitative estimate of drug-likeness (QED) is 0.0461. The maximum absolute atomic E-state index is 11.1. The molecular weight excluding hydrogens is 673 g/mol. The highest BCUT2D eigenvalue weighted by Crippen LogP contribution is 2.12. The van der Waals surface area contributed by atoms with E-state index in [4.69, 9.17) is 32.8 Å². The van der Waals surface area contributed by atoms with E-state index >= 15 is 0 Å². The number of hydrogen-bond acceptors (Lipinski definition) is 9. The second kappa shape index (κ2) is 34.7. The van der Waals surface area contributed by atoms with Crippen molar-refractivity contribution < 1.29 is 49.6 Å². The summed E-state index contributed by atoms with van der Waals surface area (Å²) in [5, 5.41) is 0. The molecule has 0 aromatic heterocycles. The highest BCUT2D eigenvalue weighted by Gasteiger charge is 2.16. The van der Waals surface area contributed by atoms with Gasteiger partial charge in [0, 0.05) is 26.4 Å². The molecule has 0 aliphatic carbocycles. The van der Waals surface area contributed by atoms with Gasteiger partial charge in [-0.05, 0) is 25.7 Å². The highest BCUT2D eigenvalue weighted by molar-refractivity contribution is 7.86. The van der Waals surface area contributed by atoms with Crippen LogP contribution in [0.1, 0.15) is 155 Å². The summed E-state index contributed by atoms with van der Waals surface area (Å²) in [6.07, 6.45) is 24.2. The summed E-state index contributed by atoms with van der Waals surface area (Å²) < 4.78 is 91.8. The fourth-order valence-corrected chi connectivity index (χ4v) is 6.38. The van der Waals surface area contributed by atoms with E-state index in [1.54, 1.807) is 0 Å². The van der Waals surface area contributed by atoms with Gasteiger partial charge >= 0.3 is 0 Å². The first-order valence-electron chi connectivity index (χ1n) is 19.4. The molecule has 296 valence electrons. The molecule has 0 saturated carbocycles. The van der Waals surface area contributed by atoms with E-state index in [0.717, 1.165) is 25.7 Å². The van der Waals surface area contributed by atoms with Crippen molar-refractivity contribution in [2.45, 2.75) is 167 Å². The van der Waals surface area contributed by atoms with Crippen molar-refractivity contribution in [1.82, 2.24) is 0 Å². The first-order valence-corrected chi connectivity index (χ1v) is 22.7. The highest BCUT2D eigenvalue weighted by atomic mass is 32.2. The van der Waals surface area contributed by atoms with Gasteiger partial charge in [0.2, 0.25) is 0 Å². The summed E-state index contributed by atoms with van der Waals surface area (Å²) in [6.45, 7) is 6.90. The number of rotatable bonds is 40. The van der Waals surface area contributed by atoms with Gasteiger partial charge < -0.3 is 23.7 Å². The van der Waals surface area contributed by atoms with E-state index in [-0.39, 0.29) is 50.8 Å². The van der Waals surface area contributed by atoms with Gasteiger partial charge in [0.25, 0.3) is 20.2 Å². The minimum absolute atomic E-state index is 0.132. The molecule has 2 unspecified atom stereocenters. The number of ether oxygens (including phenoxy) is 5. The van der Waals surface area contributed by atoms with E-state index < -0.39 is 32.4 Å². The molecule has 0 saturated heterocycles. The Morgan fingerprint density at radius 1 is 0.388 bits per heavy atom.